The lowest BCUT2D eigenvalue weighted by Crippen LogP contribution is -2.55. The van der Waals surface area contributed by atoms with Gasteiger partial charge < -0.3 is 19.5 Å². The molecule has 0 heterocycles. The van der Waals surface area contributed by atoms with E-state index in [0.29, 0.717) is 19.6 Å². The van der Waals surface area contributed by atoms with Gasteiger partial charge in [0.2, 0.25) is 0 Å². The van der Waals surface area contributed by atoms with Crippen LogP contribution in [0.15, 0.2) is 78.9 Å². The van der Waals surface area contributed by atoms with Gasteiger partial charge in [-0.25, -0.2) is 4.79 Å². The van der Waals surface area contributed by atoms with Crippen LogP contribution in [0.2, 0.25) is 0 Å². The van der Waals surface area contributed by atoms with Crippen LogP contribution >= 0.6 is 0 Å². The summed E-state index contributed by atoms with van der Waals surface area (Å²) in [7, 11) is 0. The van der Waals surface area contributed by atoms with E-state index < -0.39 is 17.9 Å². The minimum absolute atomic E-state index is 0.0101. The average Bonchev–Trinajstić information content (AvgIpc) is 3.17. The Morgan fingerprint density at radius 2 is 1.38 bits per heavy atom. The van der Waals surface area contributed by atoms with Crippen molar-refractivity contribution in [3.05, 3.63) is 95.6 Å². The standard InChI is InChI=1S/C29H33NO4/c1-4-33-29(3,34-5-2)27(19-21-13-7-6-8-14-21)30-28(31)32-20-26-24-17-11-9-15-22(24)23-16-10-12-18-25(23)26/h6-18,26-27H,4-5,19-20H2,1-3H3,(H,30,31). The Kier molecular flexibility index (Phi) is 7.66. The van der Waals surface area contributed by atoms with E-state index in [1.807, 2.05) is 75.4 Å². The fraction of sp³-hybridized carbons (Fsp3) is 0.345. The summed E-state index contributed by atoms with van der Waals surface area (Å²) in [6, 6.07) is 26.2. The van der Waals surface area contributed by atoms with Crippen molar-refractivity contribution < 1.29 is 19.0 Å². The van der Waals surface area contributed by atoms with Gasteiger partial charge in [0, 0.05) is 19.1 Å². The van der Waals surface area contributed by atoms with Gasteiger partial charge in [0.15, 0.2) is 5.79 Å². The molecule has 0 saturated heterocycles. The van der Waals surface area contributed by atoms with Gasteiger partial charge >= 0.3 is 6.09 Å². The zero-order valence-electron chi connectivity index (χ0n) is 20.1. The lowest BCUT2D eigenvalue weighted by Gasteiger charge is -2.37. The summed E-state index contributed by atoms with van der Waals surface area (Å²) in [5, 5.41) is 3.04. The molecule has 0 radical (unpaired) electrons. The molecule has 5 heteroatoms. The molecule has 0 saturated carbocycles. The van der Waals surface area contributed by atoms with E-state index in [9.17, 15) is 4.79 Å². The van der Waals surface area contributed by atoms with Crippen molar-refractivity contribution in [3.8, 4) is 11.1 Å². The molecule has 34 heavy (non-hydrogen) atoms. The van der Waals surface area contributed by atoms with Crippen molar-refractivity contribution in [1.29, 1.82) is 0 Å². The number of ether oxygens (including phenoxy) is 3. The first kappa shape index (κ1) is 24.0. The second-order valence-electron chi connectivity index (χ2n) is 8.59. The Hall–Kier alpha value is -3.15. The molecule has 178 valence electrons. The fourth-order valence-corrected chi connectivity index (χ4v) is 4.82. The highest BCUT2D eigenvalue weighted by atomic mass is 16.7. The normalized spacial score (nSPS) is 13.7. The molecule has 1 aliphatic rings. The van der Waals surface area contributed by atoms with E-state index in [1.54, 1.807) is 0 Å². The highest BCUT2D eigenvalue weighted by Crippen LogP contribution is 2.44. The Morgan fingerprint density at radius 3 is 1.94 bits per heavy atom. The zero-order chi connectivity index (χ0) is 24.0. The maximum absolute atomic E-state index is 13.0. The summed E-state index contributed by atoms with van der Waals surface area (Å²) >= 11 is 0. The number of carbonyl (C=O) groups excluding carboxylic acids is 1. The molecular weight excluding hydrogens is 426 g/mol. The van der Waals surface area contributed by atoms with Crippen LogP contribution in [-0.2, 0) is 20.6 Å². The molecule has 3 aromatic rings. The van der Waals surface area contributed by atoms with Gasteiger partial charge in [0.05, 0.1) is 6.04 Å². The quantitative estimate of drug-likeness (QED) is 0.382. The van der Waals surface area contributed by atoms with Crippen LogP contribution < -0.4 is 5.32 Å². The molecule has 0 aromatic heterocycles. The molecule has 1 atom stereocenters. The predicted molar refractivity (Wildman–Crippen MR) is 134 cm³/mol. The van der Waals surface area contributed by atoms with E-state index in [2.05, 4.69) is 29.6 Å². The molecule has 1 amide bonds. The van der Waals surface area contributed by atoms with Crippen LogP contribution in [0.4, 0.5) is 4.79 Å². The van der Waals surface area contributed by atoms with E-state index in [1.165, 1.54) is 22.3 Å². The smallest absolute Gasteiger partial charge is 0.407 e. The molecule has 5 nitrogen and oxygen atoms in total. The first-order valence-corrected chi connectivity index (χ1v) is 12.0. The zero-order valence-corrected chi connectivity index (χ0v) is 20.1. The molecule has 0 bridgehead atoms. The van der Waals surface area contributed by atoms with Crippen molar-refractivity contribution in [1.82, 2.24) is 5.32 Å². The molecule has 0 spiro atoms. The number of alkyl carbamates (subject to hydrolysis) is 1. The first-order valence-electron chi connectivity index (χ1n) is 12.0. The van der Waals surface area contributed by atoms with Crippen LogP contribution in [0.3, 0.4) is 0 Å². The van der Waals surface area contributed by atoms with Crippen LogP contribution in [0.25, 0.3) is 11.1 Å². The number of rotatable bonds is 10. The van der Waals surface area contributed by atoms with Gasteiger partial charge in [-0.2, -0.15) is 0 Å². The van der Waals surface area contributed by atoms with Crippen molar-refractivity contribution in [3.63, 3.8) is 0 Å². The molecule has 0 aliphatic heterocycles. The predicted octanol–water partition coefficient (Wildman–Crippen LogP) is 5.93. The molecular formula is C29H33NO4. The minimum atomic E-state index is -0.981. The van der Waals surface area contributed by atoms with Gasteiger partial charge in [0.25, 0.3) is 0 Å². The Labute approximate surface area is 202 Å². The highest BCUT2D eigenvalue weighted by Gasteiger charge is 2.38. The Balaban J connectivity index is 1.50. The number of hydrogen-bond acceptors (Lipinski definition) is 4. The van der Waals surface area contributed by atoms with Crippen LogP contribution in [0.1, 0.15) is 43.4 Å². The maximum Gasteiger partial charge on any atom is 0.407 e. The molecule has 1 unspecified atom stereocenters. The fourth-order valence-electron chi connectivity index (χ4n) is 4.82. The van der Waals surface area contributed by atoms with Crippen molar-refractivity contribution in [2.75, 3.05) is 19.8 Å². The second-order valence-corrected chi connectivity index (χ2v) is 8.59. The minimum Gasteiger partial charge on any atom is -0.449 e. The highest BCUT2D eigenvalue weighted by molar-refractivity contribution is 5.79. The second kappa shape index (κ2) is 10.9. The van der Waals surface area contributed by atoms with Crippen molar-refractivity contribution in [2.45, 2.75) is 44.9 Å². The number of hydrogen-bond donors (Lipinski definition) is 1. The van der Waals surface area contributed by atoms with Gasteiger partial charge in [0.1, 0.15) is 6.61 Å². The third-order valence-electron chi connectivity index (χ3n) is 6.41. The summed E-state index contributed by atoms with van der Waals surface area (Å²) < 4.78 is 17.8. The number of amides is 1. The monoisotopic (exact) mass is 459 g/mol. The number of nitrogens with one attached hydrogen (secondary N) is 1. The summed E-state index contributed by atoms with van der Waals surface area (Å²) in [6.45, 7) is 6.91. The Bertz CT molecular complexity index is 1050. The van der Waals surface area contributed by atoms with E-state index in [0.717, 1.165) is 5.56 Å². The third kappa shape index (κ3) is 5.16. The largest absolute Gasteiger partial charge is 0.449 e. The summed E-state index contributed by atoms with van der Waals surface area (Å²) in [5.74, 6) is -0.971. The lowest BCUT2D eigenvalue weighted by atomic mass is 9.98. The summed E-state index contributed by atoms with van der Waals surface area (Å²) in [5.41, 5.74) is 5.86. The van der Waals surface area contributed by atoms with E-state index in [4.69, 9.17) is 14.2 Å². The van der Waals surface area contributed by atoms with Gasteiger partial charge in [-0.1, -0.05) is 78.9 Å². The Morgan fingerprint density at radius 1 is 0.853 bits per heavy atom. The molecule has 1 N–H and O–H groups in total. The van der Waals surface area contributed by atoms with Gasteiger partial charge in [-0.3, -0.25) is 0 Å². The molecule has 4 rings (SSSR count). The SMILES string of the molecule is CCOC(C)(OCC)C(Cc1ccccc1)NC(=O)OCC1c2ccccc2-c2ccccc21. The maximum atomic E-state index is 13.0. The first-order chi connectivity index (χ1) is 16.6. The topological polar surface area (TPSA) is 56.8 Å². The number of carbonyl (C=O) groups is 1. The van der Waals surface area contributed by atoms with E-state index >= 15 is 0 Å². The summed E-state index contributed by atoms with van der Waals surface area (Å²) in [6.07, 6.45) is 0.0788. The lowest BCUT2D eigenvalue weighted by molar-refractivity contribution is -0.236. The van der Waals surface area contributed by atoms with Gasteiger partial charge in [-0.15, -0.1) is 0 Å². The van der Waals surface area contributed by atoms with Crippen molar-refractivity contribution in [2.24, 2.45) is 0 Å². The van der Waals surface area contributed by atoms with Crippen LogP contribution in [0, 0.1) is 0 Å². The van der Waals surface area contributed by atoms with Crippen LogP contribution in [-0.4, -0.2) is 37.7 Å². The third-order valence-corrected chi connectivity index (χ3v) is 6.41. The number of fused-ring (bicyclic) bond motifs is 3. The molecule has 0 fully saturated rings. The van der Waals surface area contributed by atoms with Gasteiger partial charge in [-0.05, 0) is 55.0 Å². The molecule has 3 aromatic carbocycles. The summed E-state index contributed by atoms with van der Waals surface area (Å²) in [4.78, 5) is 13.0. The van der Waals surface area contributed by atoms with Crippen molar-refractivity contribution >= 4 is 6.09 Å². The van der Waals surface area contributed by atoms with Crippen LogP contribution in [0.5, 0.6) is 0 Å². The molecule has 1 aliphatic carbocycles. The average molecular weight is 460 g/mol. The van der Waals surface area contributed by atoms with E-state index in [-0.39, 0.29) is 12.5 Å². The number of benzene rings is 3.